The molecule has 0 aliphatic rings. The minimum atomic E-state index is 0.553. The second-order valence-corrected chi connectivity index (χ2v) is 3.14. The van der Waals surface area contributed by atoms with Gasteiger partial charge in [0, 0.05) is 4.47 Å². The van der Waals surface area contributed by atoms with Gasteiger partial charge in [-0.2, -0.15) is 0 Å². The summed E-state index contributed by atoms with van der Waals surface area (Å²) in [4.78, 5) is 0. The fourth-order valence-electron chi connectivity index (χ4n) is 0.696. The van der Waals surface area contributed by atoms with Crippen molar-refractivity contribution in [3.63, 3.8) is 0 Å². The zero-order valence-electron chi connectivity index (χ0n) is 6.59. The molecule has 0 heterocycles. The first-order valence-electron chi connectivity index (χ1n) is 3.47. The number of ether oxygens (including phenoxy) is 1. The van der Waals surface area contributed by atoms with Crippen molar-refractivity contribution in [2.45, 2.75) is 0 Å². The summed E-state index contributed by atoms with van der Waals surface area (Å²) in [7, 11) is 0. The smallest absolute Gasteiger partial charge is 0.127 e. The Morgan fingerprint density at radius 3 is 2.42 bits per heavy atom. The van der Waals surface area contributed by atoms with Crippen molar-refractivity contribution in [2.24, 2.45) is 0 Å². The number of halogens is 1. The van der Waals surface area contributed by atoms with Crippen LogP contribution in [0.1, 0.15) is 0 Å². The van der Waals surface area contributed by atoms with Crippen molar-refractivity contribution in [3.05, 3.63) is 53.7 Å². The van der Waals surface area contributed by atoms with Gasteiger partial charge >= 0.3 is 0 Å². The van der Waals surface area contributed by atoms with E-state index >= 15 is 0 Å². The molecule has 0 aliphatic carbocycles. The van der Waals surface area contributed by atoms with Crippen LogP contribution in [0.4, 0.5) is 0 Å². The Bertz CT molecular complexity index is 287. The molecule has 0 unspecified atom stereocenters. The van der Waals surface area contributed by atoms with Crippen molar-refractivity contribution in [1.29, 1.82) is 0 Å². The number of benzene rings is 1. The Balaban J connectivity index is 2.71. The van der Waals surface area contributed by atoms with E-state index in [1.54, 1.807) is 6.08 Å². The number of rotatable bonds is 3. The molecule has 0 aromatic heterocycles. The lowest BCUT2D eigenvalue weighted by Gasteiger charge is -2.03. The molecular formula is C10H9BrO. The van der Waals surface area contributed by atoms with E-state index in [4.69, 9.17) is 4.74 Å². The largest absolute Gasteiger partial charge is 0.458 e. The van der Waals surface area contributed by atoms with Crippen LogP contribution in [0.2, 0.25) is 0 Å². The van der Waals surface area contributed by atoms with Crippen molar-refractivity contribution in [3.8, 4) is 5.75 Å². The van der Waals surface area contributed by atoms with Gasteiger partial charge in [0.25, 0.3) is 0 Å². The third-order valence-electron chi connectivity index (χ3n) is 1.29. The molecule has 0 saturated heterocycles. The molecule has 0 bridgehead atoms. The topological polar surface area (TPSA) is 9.23 Å². The van der Waals surface area contributed by atoms with Crippen LogP contribution in [0.25, 0.3) is 0 Å². The fourth-order valence-corrected chi connectivity index (χ4v) is 0.960. The van der Waals surface area contributed by atoms with Crippen LogP contribution in [0.3, 0.4) is 0 Å². The van der Waals surface area contributed by atoms with Crippen LogP contribution in [0.5, 0.6) is 5.75 Å². The van der Waals surface area contributed by atoms with Crippen molar-refractivity contribution < 1.29 is 4.74 Å². The standard InChI is InChI=1S/C10H9BrO/c1-3-8(2)12-10-6-4-9(11)5-7-10/h3-7H,1-2H2. The highest BCUT2D eigenvalue weighted by molar-refractivity contribution is 9.10. The second kappa shape index (κ2) is 4.12. The molecule has 0 N–H and O–H groups in total. The van der Waals surface area contributed by atoms with Gasteiger partial charge in [0.2, 0.25) is 0 Å². The van der Waals surface area contributed by atoms with E-state index in [1.807, 2.05) is 24.3 Å². The van der Waals surface area contributed by atoms with Gasteiger partial charge in [-0.05, 0) is 30.3 Å². The maximum Gasteiger partial charge on any atom is 0.127 e. The molecule has 1 nitrogen and oxygen atoms in total. The SMILES string of the molecule is C=CC(=C)Oc1ccc(Br)cc1. The summed E-state index contributed by atoms with van der Waals surface area (Å²) in [6.45, 7) is 7.18. The Labute approximate surface area is 80.5 Å². The average molecular weight is 225 g/mol. The third-order valence-corrected chi connectivity index (χ3v) is 1.82. The van der Waals surface area contributed by atoms with Crippen molar-refractivity contribution in [2.75, 3.05) is 0 Å². The lowest BCUT2D eigenvalue weighted by Crippen LogP contribution is -1.88. The van der Waals surface area contributed by atoms with E-state index in [9.17, 15) is 0 Å². The molecule has 0 saturated carbocycles. The van der Waals surface area contributed by atoms with Gasteiger partial charge in [-0.15, -0.1) is 0 Å². The Kier molecular flexibility index (Phi) is 3.11. The molecule has 0 aliphatic heterocycles. The molecule has 1 aromatic rings. The van der Waals surface area contributed by atoms with Gasteiger partial charge < -0.3 is 4.74 Å². The van der Waals surface area contributed by atoms with E-state index in [1.165, 1.54) is 0 Å². The molecule has 0 atom stereocenters. The first-order valence-corrected chi connectivity index (χ1v) is 4.26. The molecule has 0 radical (unpaired) electrons. The Morgan fingerprint density at radius 1 is 1.33 bits per heavy atom. The summed E-state index contributed by atoms with van der Waals surface area (Å²) >= 11 is 3.33. The predicted molar refractivity (Wildman–Crippen MR) is 54.1 cm³/mol. The highest BCUT2D eigenvalue weighted by atomic mass is 79.9. The Hall–Kier alpha value is -1.02. The summed E-state index contributed by atoms with van der Waals surface area (Å²) in [5, 5.41) is 0. The minimum Gasteiger partial charge on any atom is -0.458 e. The summed E-state index contributed by atoms with van der Waals surface area (Å²) in [6, 6.07) is 7.54. The summed E-state index contributed by atoms with van der Waals surface area (Å²) < 4.78 is 6.31. The van der Waals surface area contributed by atoms with Gasteiger partial charge in [-0.25, -0.2) is 0 Å². The van der Waals surface area contributed by atoms with Crippen LogP contribution < -0.4 is 4.74 Å². The molecule has 0 spiro atoms. The van der Waals surface area contributed by atoms with Crippen LogP contribution in [-0.2, 0) is 0 Å². The monoisotopic (exact) mass is 224 g/mol. The van der Waals surface area contributed by atoms with E-state index in [-0.39, 0.29) is 0 Å². The zero-order chi connectivity index (χ0) is 8.97. The highest BCUT2D eigenvalue weighted by Gasteiger charge is 1.93. The van der Waals surface area contributed by atoms with Crippen LogP contribution in [-0.4, -0.2) is 0 Å². The van der Waals surface area contributed by atoms with Gasteiger partial charge in [0.05, 0.1) is 0 Å². The van der Waals surface area contributed by atoms with Crippen LogP contribution >= 0.6 is 15.9 Å². The third kappa shape index (κ3) is 2.55. The highest BCUT2D eigenvalue weighted by Crippen LogP contribution is 2.17. The van der Waals surface area contributed by atoms with Crippen molar-refractivity contribution >= 4 is 15.9 Å². The van der Waals surface area contributed by atoms with Crippen molar-refractivity contribution in [1.82, 2.24) is 0 Å². The summed E-state index contributed by atoms with van der Waals surface area (Å²) in [5.41, 5.74) is 0. The van der Waals surface area contributed by atoms with Gasteiger partial charge in [-0.3, -0.25) is 0 Å². The molecular weight excluding hydrogens is 216 g/mol. The Morgan fingerprint density at radius 2 is 1.92 bits per heavy atom. The maximum absolute atomic E-state index is 5.29. The van der Waals surface area contributed by atoms with E-state index in [2.05, 4.69) is 29.1 Å². The number of allylic oxidation sites excluding steroid dienone is 1. The van der Waals surface area contributed by atoms with Gasteiger partial charge in [0.15, 0.2) is 0 Å². The summed E-state index contributed by atoms with van der Waals surface area (Å²) in [5.74, 6) is 1.32. The van der Waals surface area contributed by atoms with E-state index < -0.39 is 0 Å². The van der Waals surface area contributed by atoms with Gasteiger partial charge in [-0.1, -0.05) is 29.1 Å². The lowest BCUT2D eigenvalue weighted by atomic mass is 10.3. The normalized spacial score (nSPS) is 9.08. The van der Waals surface area contributed by atoms with Crippen LogP contribution in [0.15, 0.2) is 53.7 Å². The maximum atomic E-state index is 5.29. The summed E-state index contributed by atoms with van der Waals surface area (Å²) in [6.07, 6.45) is 1.57. The molecule has 62 valence electrons. The molecule has 0 amide bonds. The molecule has 12 heavy (non-hydrogen) atoms. The fraction of sp³-hybridized carbons (Fsp3) is 0. The molecule has 2 heteroatoms. The second-order valence-electron chi connectivity index (χ2n) is 2.23. The average Bonchev–Trinajstić information content (AvgIpc) is 2.09. The van der Waals surface area contributed by atoms with Gasteiger partial charge in [0.1, 0.15) is 11.5 Å². The quantitative estimate of drug-likeness (QED) is 0.564. The zero-order valence-corrected chi connectivity index (χ0v) is 8.17. The first kappa shape index (κ1) is 9.07. The number of hydrogen-bond donors (Lipinski definition) is 0. The lowest BCUT2D eigenvalue weighted by molar-refractivity contribution is 0.447. The number of hydrogen-bond acceptors (Lipinski definition) is 1. The van der Waals surface area contributed by atoms with E-state index in [0.29, 0.717) is 5.76 Å². The molecule has 0 fully saturated rings. The molecule has 1 rings (SSSR count). The van der Waals surface area contributed by atoms with E-state index in [0.717, 1.165) is 10.2 Å². The minimum absolute atomic E-state index is 0.553. The van der Waals surface area contributed by atoms with Crippen LogP contribution in [0, 0.1) is 0 Å². The predicted octanol–water partition coefficient (Wildman–Crippen LogP) is 3.53. The first-order chi connectivity index (χ1) is 5.72. The molecule has 1 aromatic carbocycles.